The fraction of sp³-hybridized carbons (Fsp3) is 0.286. The molecule has 0 radical (unpaired) electrons. The largest absolute Gasteiger partial charge is 0.368 e. The van der Waals surface area contributed by atoms with Crippen LogP contribution in [0, 0.1) is 5.82 Å². The molecule has 1 aliphatic rings. The normalized spacial score (nSPS) is 16.5. The predicted octanol–water partition coefficient (Wildman–Crippen LogP) is 3.67. The van der Waals surface area contributed by atoms with Crippen molar-refractivity contribution in [2.75, 3.05) is 41.5 Å². The van der Waals surface area contributed by atoms with Gasteiger partial charge in [-0.15, -0.1) is 11.3 Å². The van der Waals surface area contributed by atoms with Gasteiger partial charge in [-0.2, -0.15) is 0 Å². The zero-order chi connectivity index (χ0) is 21.8. The lowest BCUT2D eigenvalue weighted by Crippen LogP contribution is -2.29. The summed E-state index contributed by atoms with van der Waals surface area (Å²) >= 11 is 1.39. The van der Waals surface area contributed by atoms with Crippen molar-refractivity contribution in [3.8, 4) is 0 Å². The molecule has 1 fully saturated rings. The van der Waals surface area contributed by atoms with Crippen LogP contribution >= 0.6 is 11.3 Å². The van der Waals surface area contributed by atoms with Gasteiger partial charge in [0.15, 0.2) is 9.84 Å². The molecular formula is C21H24FN5O2S2. The highest BCUT2D eigenvalue weighted by atomic mass is 32.2. The van der Waals surface area contributed by atoms with Gasteiger partial charge in [0.2, 0.25) is 0 Å². The van der Waals surface area contributed by atoms with Crippen molar-refractivity contribution in [2.45, 2.75) is 17.4 Å². The zero-order valence-electron chi connectivity index (χ0n) is 17.0. The Kier molecular flexibility index (Phi) is 6.40. The lowest BCUT2D eigenvalue weighted by molar-refractivity contribution is 0.597. The topological polar surface area (TPSA) is 86.4 Å². The summed E-state index contributed by atoms with van der Waals surface area (Å²) in [6, 6.07) is 11.6. The number of hydrogen-bond acceptors (Lipinski definition) is 8. The summed E-state index contributed by atoms with van der Waals surface area (Å²) in [6.45, 7) is 1.64. The minimum atomic E-state index is -3.50. The van der Waals surface area contributed by atoms with Crippen LogP contribution in [-0.4, -0.2) is 45.5 Å². The zero-order valence-corrected chi connectivity index (χ0v) is 18.6. The maximum Gasteiger partial charge on any atom is 0.196 e. The number of thiazole rings is 1. The van der Waals surface area contributed by atoms with Gasteiger partial charge in [0.05, 0.1) is 21.8 Å². The fourth-order valence-electron chi connectivity index (χ4n) is 3.54. The average Bonchev–Trinajstić information content (AvgIpc) is 3.46. The van der Waals surface area contributed by atoms with Gasteiger partial charge in [-0.05, 0) is 55.9 Å². The highest BCUT2D eigenvalue weighted by molar-refractivity contribution is 7.91. The molecule has 0 aliphatic carbocycles. The number of sulfone groups is 1. The Morgan fingerprint density at radius 2 is 2.03 bits per heavy atom. The second kappa shape index (κ2) is 9.21. The van der Waals surface area contributed by atoms with Crippen LogP contribution in [0.25, 0.3) is 0 Å². The van der Waals surface area contributed by atoms with Gasteiger partial charge >= 0.3 is 0 Å². The Hall–Kier alpha value is -2.69. The summed E-state index contributed by atoms with van der Waals surface area (Å²) in [5.74, 6) is 0.0216. The van der Waals surface area contributed by atoms with E-state index in [1.54, 1.807) is 41.2 Å². The van der Waals surface area contributed by atoms with Crippen LogP contribution in [0.5, 0.6) is 0 Å². The number of rotatable bonds is 8. The maximum absolute atomic E-state index is 13.9. The van der Waals surface area contributed by atoms with Gasteiger partial charge in [0, 0.05) is 30.2 Å². The van der Waals surface area contributed by atoms with Crippen molar-refractivity contribution in [3.63, 3.8) is 0 Å². The van der Waals surface area contributed by atoms with E-state index in [-0.39, 0.29) is 16.6 Å². The second-order valence-electron chi connectivity index (χ2n) is 7.34. The Bertz CT molecular complexity index is 1120. The van der Waals surface area contributed by atoms with Crippen molar-refractivity contribution in [1.29, 1.82) is 0 Å². The molecule has 0 amide bonds. The molecular weight excluding hydrogens is 437 g/mol. The van der Waals surface area contributed by atoms with Crippen molar-refractivity contribution < 1.29 is 12.8 Å². The van der Waals surface area contributed by atoms with E-state index in [0.717, 1.165) is 36.6 Å². The predicted molar refractivity (Wildman–Crippen MR) is 124 cm³/mol. The van der Waals surface area contributed by atoms with Crippen LogP contribution in [0.4, 0.5) is 27.3 Å². The molecule has 4 rings (SSSR count). The van der Waals surface area contributed by atoms with Gasteiger partial charge in [-0.1, -0.05) is 0 Å². The smallest absolute Gasteiger partial charge is 0.196 e. The molecule has 1 aromatic heterocycles. The molecule has 2 aromatic carbocycles. The summed E-state index contributed by atoms with van der Waals surface area (Å²) in [5.41, 5.74) is 3.93. The first-order valence-corrected chi connectivity index (χ1v) is 12.5. The molecule has 1 atom stereocenters. The first-order chi connectivity index (χ1) is 14.9. The van der Waals surface area contributed by atoms with Gasteiger partial charge in [0.25, 0.3) is 0 Å². The average molecular weight is 462 g/mol. The third-order valence-corrected chi connectivity index (χ3v) is 7.37. The highest BCUT2D eigenvalue weighted by Crippen LogP contribution is 2.32. The number of halogens is 1. The number of benzene rings is 2. The SMILES string of the molecule is CN[C@@H]1CCN(c2cc(F)ccc2Nc2ccc(S(=O)(=O)CNc3cscn3)cc2)C1. The van der Waals surface area contributed by atoms with Crippen molar-refractivity contribution in [3.05, 3.63) is 59.2 Å². The summed E-state index contributed by atoms with van der Waals surface area (Å²) in [4.78, 5) is 6.40. The molecule has 1 saturated heterocycles. The van der Waals surface area contributed by atoms with Crippen LogP contribution in [0.1, 0.15) is 6.42 Å². The minimum absolute atomic E-state index is 0.219. The van der Waals surface area contributed by atoms with Gasteiger partial charge < -0.3 is 20.9 Å². The number of likely N-dealkylation sites (N-methyl/N-ethyl adjacent to an activating group) is 1. The Balaban J connectivity index is 1.48. The van der Waals surface area contributed by atoms with Gasteiger partial charge in [0.1, 0.15) is 17.5 Å². The lowest BCUT2D eigenvalue weighted by Gasteiger charge is -2.23. The minimum Gasteiger partial charge on any atom is -0.368 e. The van der Waals surface area contributed by atoms with Crippen LogP contribution in [-0.2, 0) is 9.84 Å². The molecule has 2 heterocycles. The van der Waals surface area contributed by atoms with Crippen LogP contribution < -0.4 is 20.9 Å². The fourth-order valence-corrected chi connectivity index (χ4v) is 5.10. The van der Waals surface area contributed by atoms with Crippen molar-refractivity contribution in [2.24, 2.45) is 0 Å². The molecule has 0 saturated carbocycles. The lowest BCUT2D eigenvalue weighted by atomic mass is 10.2. The number of nitrogens with one attached hydrogen (secondary N) is 3. The third kappa shape index (κ3) is 5.15. The summed E-state index contributed by atoms with van der Waals surface area (Å²) < 4.78 is 39.1. The van der Waals surface area contributed by atoms with Gasteiger partial charge in [-0.3, -0.25) is 0 Å². The highest BCUT2D eigenvalue weighted by Gasteiger charge is 2.23. The maximum atomic E-state index is 13.9. The Labute approximate surface area is 185 Å². The van der Waals surface area contributed by atoms with Crippen LogP contribution in [0.3, 0.4) is 0 Å². The van der Waals surface area contributed by atoms with E-state index in [4.69, 9.17) is 0 Å². The number of anilines is 4. The molecule has 0 bridgehead atoms. The van der Waals surface area contributed by atoms with Gasteiger partial charge in [-0.25, -0.2) is 17.8 Å². The quantitative estimate of drug-likeness (QED) is 0.472. The Morgan fingerprint density at radius 3 is 2.71 bits per heavy atom. The van der Waals surface area contributed by atoms with Crippen LogP contribution in [0.2, 0.25) is 0 Å². The molecule has 10 heteroatoms. The first kappa shape index (κ1) is 21.5. The van der Waals surface area contributed by atoms with E-state index in [0.29, 0.717) is 11.9 Å². The molecule has 164 valence electrons. The molecule has 0 spiro atoms. The summed E-state index contributed by atoms with van der Waals surface area (Å²) in [6.07, 6.45) is 0.994. The van der Waals surface area contributed by atoms with E-state index in [9.17, 15) is 12.8 Å². The van der Waals surface area contributed by atoms with E-state index in [1.807, 2.05) is 7.05 Å². The first-order valence-electron chi connectivity index (χ1n) is 9.88. The number of aromatic nitrogens is 1. The van der Waals surface area contributed by atoms with E-state index in [2.05, 4.69) is 25.8 Å². The number of hydrogen-bond donors (Lipinski definition) is 3. The Morgan fingerprint density at radius 1 is 1.23 bits per heavy atom. The monoisotopic (exact) mass is 461 g/mol. The van der Waals surface area contributed by atoms with E-state index in [1.165, 1.54) is 23.5 Å². The molecule has 1 aliphatic heterocycles. The summed E-state index contributed by atoms with van der Waals surface area (Å²) in [5, 5.41) is 11.1. The van der Waals surface area contributed by atoms with E-state index >= 15 is 0 Å². The number of nitrogens with zero attached hydrogens (tertiary/aromatic N) is 2. The molecule has 7 nitrogen and oxygen atoms in total. The molecule has 0 unspecified atom stereocenters. The standard InChI is InChI=1S/C21H24FN5O2S2/c1-23-17-8-9-27(11-17)20-10-15(22)2-7-19(20)26-16-3-5-18(6-4-16)31(28,29)14-25-21-12-30-13-24-21/h2-7,10,12-13,17,23,25-26H,8-9,11,14H2,1H3/t17-/m1/s1. The van der Waals surface area contributed by atoms with Crippen molar-refractivity contribution in [1.82, 2.24) is 10.3 Å². The second-order valence-corrected chi connectivity index (χ2v) is 10.0. The van der Waals surface area contributed by atoms with Crippen LogP contribution in [0.15, 0.2) is 58.3 Å². The van der Waals surface area contributed by atoms with Crippen molar-refractivity contribution >= 4 is 44.1 Å². The van der Waals surface area contributed by atoms with E-state index < -0.39 is 9.84 Å². The molecule has 3 N–H and O–H groups in total. The molecule has 3 aromatic rings. The summed E-state index contributed by atoms with van der Waals surface area (Å²) in [7, 11) is -1.57. The molecule has 31 heavy (non-hydrogen) atoms. The third-order valence-electron chi connectivity index (χ3n) is 5.27.